The maximum Gasteiger partial charge on any atom is 0.434 e. The highest BCUT2D eigenvalue weighted by Crippen LogP contribution is 2.40. The van der Waals surface area contributed by atoms with Crippen LogP contribution in [-0.4, -0.2) is 54.4 Å². The minimum atomic E-state index is -4.57. The fourth-order valence-corrected chi connectivity index (χ4v) is 4.53. The summed E-state index contributed by atoms with van der Waals surface area (Å²) in [4.78, 5) is 23.4. The summed E-state index contributed by atoms with van der Waals surface area (Å²) in [6, 6.07) is 3.77. The lowest BCUT2D eigenvalue weighted by Crippen LogP contribution is -2.48. The first kappa shape index (κ1) is 20.3. The normalized spacial score (nSPS) is 22.4. The standard InChI is InChI=1S/C20H17F4N7O/c21-12-2-1-3-14(31-27-4-5-28-31)18(12)19(32)30-10-11-6-13(15(30)7-11)29-17-9-25-16(8-26-17)20(22,23)24/h1-5,8-9,11,13,15H,6-7,10H2,(H,26,29)/t11-,13+,15-/m0/s1. The van der Waals surface area contributed by atoms with Crippen LogP contribution in [0, 0.1) is 11.7 Å². The molecule has 0 spiro atoms. The van der Waals surface area contributed by atoms with Gasteiger partial charge in [0.05, 0.1) is 30.8 Å². The minimum Gasteiger partial charge on any atom is -0.364 e. The molecule has 0 unspecified atom stereocenters. The van der Waals surface area contributed by atoms with Crippen molar-refractivity contribution < 1.29 is 22.4 Å². The molecule has 12 heteroatoms. The molecule has 3 aromatic rings. The van der Waals surface area contributed by atoms with Gasteiger partial charge in [-0.1, -0.05) is 6.07 Å². The molecule has 2 fully saturated rings. The van der Waals surface area contributed by atoms with E-state index in [4.69, 9.17) is 0 Å². The average Bonchev–Trinajstić information content (AvgIpc) is 3.50. The van der Waals surface area contributed by atoms with Crippen LogP contribution in [0.5, 0.6) is 0 Å². The van der Waals surface area contributed by atoms with Gasteiger partial charge in [0.2, 0.25) is 0 Å². The summed E-state index contributed by atoms with van der Waals surface area (Å²) in [7, 11) is 0. The lowest BCUT2D eigenvalue weighted by molar-refractivity contribution is -0.141. The fourth-order valence-electron chi connectivity index (χ4n) is 4.53. The Bertz CT molecular complexity index is 1130. The van der Waals surface area contributed by atoms with Gasteiger partial charge in [-0.25, -0.2) is 14.4 Å². The summed E-state index contributed by atoms with van der Waals surface area (Å²) >= 11 is 0. The molecule has 1 aliphatic heterocycles. The number of piperidine rings is 1. The third-order valence-electron chi connectivity index (χ3n) is 5.86. The lowest BCUT2D eigenvalue weighted by Gasteiger charge is -2.34. The van der Waals surface area contributed by atoms with Crippen molar-refractivity contribution in [2.75, 3.05) is 11.9 Å². The second kappa shape index (κ2) is 7.53. The van der Waals surface area contributed by atoms with E-state index in [1.807, 2.05) is 0 Å². The minimum absolute atomic E-state index is 0.121. The van der Waals surface area contributed by atoms with E-state index in [1.165, 1.54) is 29.3 Å². The van der Waals surface area contributed by atoms with Crippen LogP contribution in [0.3, 0.4) is 0 Å². The Morgan fingerprint density at radius 1 is 1.09 bits per heavy atom. The Morgan fingerprint density at radius 2 is 1.88 bits per heavy atom. The highest BCUT2D eigenvalue weighted by Gasteiger charge is 2.48. The number of aromatic nitrogens is 5. The fraction of sp³-hybridized carbons (Fsp3) is 0.350. The van der Waals surface area contributed by atoms with Gasteiger partial charge in [0.25, 0.3) is 5.91 Å². The molecule has 1 saturated heterocycles. The van der Waals surface area contributed by atoms with Crippen molar-refractivity contribution in [3.05, 3.63) is 60.1 Å². The molecule has 1 aliphatic carbocycles. The van der Waals surface area contributed by atoms with Gasteiger partial charge in [0.15, 0.2) is 5.69 Å². The number of alkyl halides is 3. The molecule has 2 bridgehead atoms. The zero-order chi connectivity index (χ0) is 22.5. The quantitative estimate of drug-likeness (QED) is 0.619. The van der Waals surface area contributed by atoms with Gasteiger partial charge in [0, 0.05) is 12.6 Å². The molecule has 1 amide bonds. The summed E-state index contributed by atoms with van der Waals surface area (Å²) in [6.07, 6.45) is 1.43. The number of hydrogen-bond acceptors (Lipinski definition) is 6. The Balaban J connectivity index is 1.37. The third-order valence-corrected chi connectivity index (χ3v) is 5.86. The van der Waals surface area contributed by atoms with Crippen LogP contribution in [0.2, 0.25) is 0 Å². The number of nitrogens with one attached hydrogen (secondary N) is 1. The number of hydrogen-bond donors (Lipinski definition) is 1. The first-order chi connectivity index (χ1) is 15.3. The summed E-state index contributed by atoms with van der Waals surface area (Å²) < 4.78 is 52.8. The van der Waals surface area contributed by atoms with Crippen LogP contribution in [-0.2, 0) is 6.18 Å². The van der Waals surface area contributed by atoms with Crippen LogP contribution in [0.25, 0.3) is 5.69 Å². The first-order valence-corrected chi connectivity index (χ1v) is 9.93. The average molecular weight is 447 g/mol. The number of anilines is 1. The Morgan fingerprint density at radius 3 is 2.53 bits per heavy atom. The van der Waals surface area contributed by atoms with E-state index in [0.717, 1.165) is 12.6 Å². The van der Waals surface area contributed by atoms with Crippen molar-refractivity contribution in [1.82, 2.24) is 29.9 Å². The highest BCUT2D eigenvalue weighted by molar-refractivity contribution is 5.98. The van der Waals surface area contributed by atoms with Gasteiger partial charge in [-0.15, -0.1) is 0 Å². The van der Waals surface area contributed by atoms with Crippen LogP contribution >= 0.6 is 0 Å². The zero-order valence-electron chi connectivity index (χ0n) is 16.5. The topological polar surface area (TPSA) is 88.8 Å². The number of benzene rings is 1. The Labute approximate surface area is 179 Å². The van der Waals surface area contributed by atoms with Gasteiger partial charge in [-0.3, -0.25) is 4.79 Å². The number of fused-ring (bicyclic) bond motifs is 2. The van der Waals surface area contributed by atoms with E-state index in [0.29, 0.717) is 19.2 Å². The van der Waals surface area contributed by atoms with Crippen LogP contribution in [0.1, 0.15) is 28.9 Å². The molecule has 32 heavy (non-hydrogen) atoms. The van der Waals surface area contributed by atoms with Crippen molar-refractivity contribution >= 4 is 11.7 Å². The summed E-state index contributed by atoms with van der Waals surface area (Å²) in [5.41, 5.74) is -0.961. The largest absolute Gasteiger partial charge is 0.434 e. The van der Waals surface area contributed by atoms with Gasteiger partial charge in [-0.2, -0.15) is 28.2 Å². The molecule has 1 N–H and O–H groups in total. The predicted molar refractivity (Wildman–Crippen MR) is 103 cm³/mol. The van der Waals surface area contributed by atoms with E-state index < -0.39 is 23.6 Å². The second-order valence-corrected chi connectivity index (χ2v) is 7.85. The number of rotatable bonds is 4. The maximum absolute atomic E-state index is 14.7. The Kier molecular flexibility index (Phi) is 4.79. The first-order valence-electron chi connectivity index (χ1n) is 9.93. The predicted octanol–water partition coefficient (Wildman–Crippen LogP) is 2.93. The number of amides is 1. The zero-order valence-corrected chi connectivity index (χ0v) is 16.5. The summed E-state index contributed by atoms with van der Waals surface area (Å²) in [6.45, 7) is 0.473. The number of halogens is 4. The van der Waals surface area contributed by atoms with Crippen molar-refractivity contribution in [2.45, 2.75) is 31.1 Å². The second-order valence-electron chi connectivity index (χ2n) is 7.85. The van der Waals surface area contributed by atoms with E-state index in [9.17, 15) is 22.4 Å². The molecule has 3 atom stereocenters. The van der Waals surface area contributed by atoms with Gasteiger partial charge >= 0.3 is 6.18 Å². The van der Waals surface area contributed by atoms with Crippen LogP contribution in [0.4, 0.5) is 23.4 Å². The lowest BCUT2D eigenvalue weighted by atomic mass is 10.0. The molecular weight excluding hydrogens is 430 g/mol. The molecule has 1 saturated carbocycles. The van der Waals surface area contributed by atoms with Crippen LogP contribution < -0.4 is 5.32 Å². The Hall–Kier alpha value is -3.57. The van der Waals surface area contributed by atoms with Crippen molar-refractivity contribution in [3.8, 4) is 5.69 Å². The maximum atomic E-state index is 14.7. The van der Waals surface area contributed by atoms with E-state index in [1.54, 1.807) is 11.0 Å². The molecule has 166 valence electrons. The molecule has 2 aliphatic rings. The van der Waals surface area contributed by atoms with Gasteiger partial charge < -0.3 is 10.2 Å². The summed E-state index contributed by atoms with van der Waals surface area (Å²) in [5.74, 6) is -0.768. The molecular formula is C20H17F4N7O. The van der Waals surface area contributed by atoms with E-state index in [-0.39, 0.29) is 35.1 Å². The number of carbonyl (C=O) groups excluding carboxylic acids is 1. The monoisotopic (exact) mass is 447 g/mol. The van der Waals surface area contributed by atoms with E-state index >= 15 is 0 Å². The van der Waals surface area contributed by atoms with Gasteiger partial charge in [-0.05, 0) is 30.9 Å². The highest BCUT2D eigenvalue weighted by atomic mass is 19.4. The number of nitrogens with zero attached hydrogens (tertiary/aromatic N) is 6. The van der Waals surface area contributed by atoms with Crippen molar-refractivity contribution in [3.63, 3.8) is 0 Å². The van der Waals surface area contributed by atoms with Crippen LogP contribution in [0.15, 0.2) is 43.0 Å². The van der Waals surface area contributed by atoms with Gasteiger partial charge in [0.1, 0.15) is 22.9 Å². The molecule has 3 heterocycles. The molecule has 2 aromatic heterocycles. The molecule has 0 radical (unpaired) electrons. The molecule has 1 aromatic carbocycles. The molecule has 5 rings (SSSR count). The van der Waals surface area contributed by atoms with E-state index in [2.05, 4.69) is 25.5 Å². The SMILES string of the molecule is O=C(c1c(F)cccc1-n1nccn1)N1C[C@H]2C[C@@H](Nc3cnc(C(F)(F)F)cn3)[C@@H]1C2. The number of carbonyl (C=O) groups is 1. The third kappa shape index (κ3) is 3.55. The number of likely N-dealkylation sites (tertiary alicyclic amines) is 1. The van der Waals surface area contributed by atoms with Crippen molar-refractivity contribution in [2.24, 2.45) is 5.92 Å². The molecule has 8 nitrogen and oxygen atoms in total. The van der Waals surface area contributed by atoms with Crippen molar-refractivity contribution in [1.29, 1.82) is 0 Å². The summed E-state index contributed by atoms with van der Waals surface area (Å²) in [5, 5.41) is 11.1. The smallest absolute Gasteiger partial charge is 0.364 e.